The SMILES string of the molecule is Cc1cc(C)c(S(=O)(=O)N[C@H](Cc2ccccc2)C(=O)NCCCn2ccnc2)c(C)c1. The predicted molar refractivity (Wildman–Crippen MR) is 125 cm³/mol. The second kappa shape index (κ2) is 10.6. The summed E-state index contributed by atoms with van der Waals surface area (Å²) in [5.41, 5.74) is 3.20. The van der Waals surface area contributed by atoms with Gasteiger partial charge in [-0.25, -0.2) is 13.4 Å². The van der Waals surface area contributed by atoms with Crippen LogP contribution in [-0.2, 0) is 27.8 Å². The lowest BCUT2D eigenvalue weighted by atomic mass is 10.1. The monoisotopic (exact) mass is 454 g/mol. The molecule has 0 aliphatic rings. The van der Waals surface area contributed by atoms with Gasteiger partial charge in [-0.15, -0.1) is 0 Å². The molecule has 3 rings (SSSR count). The van der Waals surface area contributed by atoms with Crippen LogP contribution in [0.4, 0.5) is 0 Å². The van der Waals surface area contributed by atoms with E-state index in [4.69, 9.17) is 0 Å². The molecule has 8 heteroatoms. The number of aryl methyl sites for hydroxylation is 4. The van der Waals surface area contributed by atoms with Crippen LogP contribution in [0, 0.1) is 20.8 Å². The predicted octanol–water partition coefficient (Wildman–Crippen LogP) is 2.90. The molecule has 1 amide bonds. The topological polar surface area (TPSA) is 93.1 Å². The normalized spacial score (nSPS) is 12.5. The number of rotatable bonds is 10. The van der Waals surface area contributed by atoms with Crippen molar-refractivity contribution in [3.05, 3.63) is 83.4 Å². The zero-order valence-electron chi connectivity index (χ0n) is 18.7. The van der Waals surface area contributed by atoms with Crippen molar-refractivity contribution in [2.24, 2.45) is 0 Å². The van der Waals surface area contributed by atoms with Crippen LogP contribution in [0.15, 0.2) is 66.1 Å². The molecular formula is C24H30N4O3S. The van der Waals surface area contributed by atoms with E-state index >= 15 is 0 Å². The lowest BCUT2D eigenvalue weighted by molar-refractivity contribution is -0.122. The Hall–Kier alpha value is -2.97. The van der Waals surface area contributed by atoms with Crippen LogP contribution in [0.25, 0.3) is 0 Å². The number of carbonyl (C=O) groups is 1. The molecule has 0 fully saturated rings. The zero-order chi connectivity index (χ0) is 23.1. The van der Waals surface area contributed by atoms with Crippen LogP contribution in [0.3, 0.4) is 0 Å². The third kappa shape index (κ3) is 6.27. The van der Waals surface area contributed by atoms with Gasteiger partial charge < -0.3 is 9.88 Å². The number of nitrogens with one attached hydrogen (secondary N) is 2. The summed E-state index contributed by atoms with van der Waals surface area (Å²) in [5, 5.41) is 2.88. The van der Waals surface area contributed by atoms with Gasteiger partial charge in [-0.3, -0.25) is 4.79 Å². The molecule has 0 spiro atoms. The quantitative estimate of drug-likeness (QED) is 0.461. The second-order valence-electron chi connectivity index (χ2n) is 8.04. The first-order chi connectivity index (χ1) is 15.3. The van der Waals surface area contributed by atoms with Crippen molar-refractivity contribution in [3.8, 4) is 0 Å². The second-order valence-corrected chi connectivity index (χ2v) is 9.69. The standard InChI is InChI=1S/C24H30N4O3S/c1-18-14-19(2)23(20(3)15-18)32(30,31)27-22(16-21-8-5-4-6-9-21)24(29)26-10-7-12-28-13-11-25-17-28/h4-6,8-9,11,13-15,17,22,27H,7,10,12,16H2,1-3H3,(H,26,29)/t22-/m1/s1. The van der Waals surface area contributed by atoms with Crippen LogP contribution in [0.2, 0.25) is 0 Å². The highest BCUT2D eigenvalue weighted by atomic mass is 32.2. The van der Waals surface area contributed by atoms with Gasteiger partial charge in [0.2, 0.25) is 15.9 Å². The highest BCUT2D eigenvalue weighted by Crippen LogP contribution is 2.22. The highest BCUT2D eigenvalue weighted by Gasteiger charge is 2.28. The van der Waals surface area contributed by atoms with Crippen molar-refractivity contribution >= 4 is 15.9 Å². The molecule has 3 aromatic rings. The van der Waals surface area contributed by atoms with E-state index in [1.165, 1.54) is 0 Å². The van der Waals surface area contributed by atoms with E-state index in [1.54, 1.807) is 26.4 Å². The van der Waals surface area contributed by atoms with Crippen molar-refractivity contribution in [2.45, 2.75) is 51.1 Å². The molecule has 0 saturated carbocycles. The summed E-state index contributed by atoms with van der Waals surface area (Å²) < 4.78 is 31.1. The molecule has 0 radical (unpaired) electrons. The molecule has 0 unspecified atom stereocenters. The van der Waals surface area contributed by atoms with Gasteiger partial charge in [0.05, 0.1) is 11.2 Å². The zero-order valence-corrected chi connectivity index (χ0v) is 19.5. The summed E-state index contributed by atoms with van der Waals surface area (Å²) in [7, 11) is -3.89. The Labute approximate surface area is 189 Å². The van der Waals surface area contributed by atoms with E-state index in [-0.39, 0.29) is 17.2 Å². The smallest absolute Gasteiger partial charge is 0.241 e. The van der Waals surface area contributed by atoms with Gasteiger partial charge in [0.25, 0.3) is 0 Å². The molecule has 32 heavy (non-hydrogen) atoms. The van der Waals surface area contributed by atoms with Crippen molar-refractivity contribution < 1.29 is 13.2 Å². The number of hydrogen-bond donors (Lipinski definition) is 2. The van der Waals surface area contributed by atoms with E-state index < -0.39 is 16.1 Å². The number of amides is 1. The lowest BCUT2D eigenvalue weighted by Gasteiger charge is -2.20. The van der Waals surface area contributed by atoms with Crippen LogP contribution >= 0.6 is 0 Å². The summed E-state index contributed by atoms with van der Waals surface area (Å²) in [6, 6.07) is 12.2. The largest absolute Gasteiger partial charge is 0.355 e. The van der Waals surface area contributed by atoms with Gasteiger partial charge in [0.15, 0.2) is 0 Å². The molecule has 0 saturated heterocycles. The highest BCUT2D eigenvalue weighted by molar-refractivity contribution is 7.89. The number of hydrogen-bond acceptors (Lipinski definition) is 4. The molecule has 1 heterocycles. The minimum atomic E-state index is -3.89. The first-order valence-corrected chi connectivity index (χ1v) is 12.1. The maximum absolute atomic E-state index is 13.3. The summed E-state index contributed by atoms with van der Waals surface area (Å²) in [5.74, 6) is -0.342. The Bertz CT molecular complexity index is 1120. The van der Waals surface area contributed by atoms with E-state index in [0.29, 0.717) is 24.1 Å². The van der Waals surface area contributed by atoms with Crippen LogP contribution in [0.1, 0.15) is 28.7 Å². The minimum Gasteiger partial charge on any atom is -0.355 e. The maximum Gasteiger partial charge on any atom is 0.241 e. The van der Waals surface area contributed by atoms with E-state index in [0.717, 1.165) is 17.7 Å². The van der Waals surface area contributed by atoms with Gasteiger partial charge in [-0.2, -0.15) is 4.72 Å². The molecule has 0 aliphatic heterocycles. The summed E-state index contributed by atoms with van der Waals surface area (Å²) in [6.07, 6.45) is 6.26. The number of sulfonamides is 1. The van der Waals surface area contributed by atoms with Crippen molar-refractivity contribution in [1.82, 2.24) is 19.6 Å². The number of benzene rings is 2. The van der Waals surface area contributed by atoms with E-state index in [2.05, 4.69) is 15.0 Å². The Morgan fingerprint density at radius 3 is 2.41 bits per heavy atom. The van der Waals surface area contributed by atoms with Crippen molar-refractivity contribution in [2.75, 3.05) is 6.54 Å². The molecular weight excluding hydrogens is 424 g/mol. The molecule has 1 atom stereocenters. The first-order valence-electron chi connectivity index (χ1n) is 10.6. The van der Waals surface area contributed by atoms with Gasteiger partial charge in [-0.1, -0.05) is 48.0 Å². The average molecular weight is 455 g/mol. The number of aromatic nitrogens is 2. The van der Waals surface area contributed by atoms with Crippen molar-refractivity contribution in [3.63, 3.8) is 0 Å². The molecule has 0 bridgehead atoms. The average Bonchev–Trinajstić information content (AvgIpc) is 3.23. The number of nitrogens with zero attached hydrogens (tertiary/aromatic N) is 2. The lowest BCUT2D eigenvalue weighted by Crippen LogP contribution is -2.48. The fourth-order valence-electron chi connectivity index (χ4n) is 3.89. The molecule has 2 N–H and O–H groups in total. The summed E-state index contributed by atoms with van der Waals surface area (Å²) in [6.45, 7) is 6.64. The minimum absolute atomic E-state index is 0.231. The third-order valence-corrected chi connectivity index (χ3v) is 7.00. The molecule has 2 aromatic carbocycles. The number of imidazole rings is 1. The van der Waals surface area contributed by atoms with E-state index in [1.807, 2.05) is 60.2 Å². The molecule has 7 nitrogen and oxygen atoms in total. The third-order valence-electron chi connectivity index (χ3n) is 5.22. The fourth-order valence-corrected chi connectivity index (χ4v) is 5.54. The van der Waals surface area contributed by atoms with Gasteiger partial charge >= 0.3 is 0 Å². The first kappa shape index (κ1) is 23.7. The molecule has 1 aromatic heterocycles. The Balaban J connectivity index is 1.75. The maximum atomic E-state index is 13.3. The van der Waals surface area contributed by atoms with Gasteiger partial charge in [-0.05, 0) is 50.3 Å². The Morgan fingerprint density at radius 1 is 1.09 bits per heavy atom. The van der Waals surface area contributed by atoms with Crippen LogP contribution < -0.4 is 10.0 Å². The number of carbonyl (C=O) groups excluding carboxylic acids is 1. The molecule has 170 valence electrons. The van der Waals surface area contributed by atoms with Gasteiger partial charge in [0.1, 0.15) is 6.04 Å². The van der Waals surface area contributed by atoms with Crippen LogP contribution in [0.5, 0.6) is 0 Å². The van der Waals surface area contributed by atoms with Crippen LogP contribution in [-0.4, -0.2) is 36.5 Å². The van der Waals surface area contributed by atoms with Crippen molar-refractivity contribution in [1.29, 1.82) is 0 Å². The van der Waals surface area contributed by atoms with E-state index in [9.17, 15) is 13.2 Å². The van der Waals surface area contributed by atoms with Gasteiger partial charge in [0, 0.05) is 25.5 Å². The summed E-state index contributed by atoms with van der Waals surface area (Å²) >= 11 is 0. The summed E-state index contributed by atoms with van der Waals surface area (Å²) in [4.78, 5) is 17.2. The fraction of sp³-hybridized carbons (Fsp3) is 0.333. The Morgan fingerprint density at radius 2 is 1.78 bits per heavy atom. The molecule has 0 aliphatic carbocycles. The Kier molecular flexibility index (Phi) is 7.82.